The summed E-state index contributed by atoms with van der Waals surface area (Å²) in [4.78, 5) is 8.56. The number of hydrogen-bond acceptors (Lipinski definition) is 6. The molecule has 252 valence electrons. The van der Waals surface area contributed by atoms with E-state index in [1.807, 2.05) is 36.4 Å². The molecular weight excluding hydrogens is 586 g/mol. The Kier molecular flexibility index (Phi) is 12.8. The number of rotatable bonds is 16. The number of anilines is 1. The van der Waals surface area contributed by atoms with Crippen LogP contribution in [0.15, 0.2) is 85.2 Å². The summed E-state index contributed by atoms with van der Waals surface area (Å²) >= 11 is 0. The Balaban J connectivity index is 1.07. The number of aliphatic hydroxyl groups is 2. The van der Waals surface area contributed by atoms with Crippen molar-refractivity contribution in [2.24, 2.45) is 17.8 Å². The van der Waals surface area contributed by atoms with Crippen LogP contribution in [0.2, 0.25) is 0 Å². The van der Waals surface area contributed by atoms with Gasteiger partial charge in [0.05, 0.1) is 18.8 Å². The maximum atomic E-state index is 11.1. The predicted molar refractivity (Wildman–Crippen MR) is 187 cm³/mol. The van der Waals surface area contributed by atoms with E-state index in [4.69, 9.17) is 10.5 Å². The van der Waals surface area contributed by atoms with Crippen LogP contribution in [0.1, 0.15) is 86.6 Å². The van der Waals surface area contributed by atoms with Crippen molar-refractivity contribution in [1.29, 1.82) is 0 Å². The van der Waals surface area contributed by atoms with E-state index < -0.39 is 12.2 Å². The number of hydrogen-bond donors (Lipinski definition) is 4. The molecular formula is C40H52N3O4-. The number of aromatic hydroxyl groups is 1. The van der Waals surface area contributed by atoms with Crippen LogP contribution in [0.4, 0.5) is 5.82 Å². The highest BCUT2D eigenvalue weighted by Crippen LogP contribution is 2.36. The van der Waals surface area contributed by atoms with Crippen LogP contribution in [0, 0.1) is 17.8 Å². The van der Waals surface area contributed by atoms with E-state index in [2.05, 4.69) is 47.2 Å². The molecule has 0 bridgehead atoms. The highest BCUT2D eigenvalue weighted by molar-refractivity contribution is 5.42. The van der Waals surface area contributed by atoms with Gasteiger partial charge in [-0.25, -0.2) is 4.98 Å². The molecule has 5 rings (SSSR count). The Morgan fingerprint density at radius 1 is 0.894 bits per heavy atom. The van der Waals surface area contributed by atoms with E-state index in [0.29, 0.717) is 55.7 Å². The van der Waals surface area contributed by atoms with Gasteiger partial charge in [0.1, 0.15) is 5.82 Å². The zero-order valence-electron chi connectivity index (χ0n) is 27.8. The third kappa shape index (κ3) is 10.6. The minimum Gasteiger partial charge on any atom is -0.668 e. The monoisotopic (exact) mass is 638 g/mol. The Hall–Kier alpha value is -3.81. The summed E-state index contributed by atoms with van der Waals surface area (Å²) < 4.78 is 6.08. The fourth-order valence-corrected chi connectivity index (χ4v) is 7.34. The number of nitrogen functional groups attached to an aromatic ring is 1. The number of aromatic nitrogens is 2. The first kappa shape index (κ1) is 34.5. The van der Waals surface area contributed by atoms with E-state index in [-0.39, 0.29) is 17.6 Å². The van der Waals surface area contributed by atoms with Crippen molar-refractivity contribution in [2.75, 3.05) is 12.3 Å². The quantitative estimate of drug-likeness (QED) is 0.0954. The second-order valence-electron chi connectivity index (χ2n) is 13.7. The first-order valence-electron chi connectivity index (χ1n) is 17.5. The summed E-state index contributed by atoms with van der Waals surface area (Å²) in [7, 11) is 0. The number of nitrogens with two attached hydrogens (primary N) is 1. The van der Waals surface area contributed by atoms with Gasteiger partial charge in [-0.3, -0.25) is 0 Å². The highest BCUT2D eigenvalue weighted by atomic mass is 16.5. The van der Waals surface area contributed by atoms with Gasteiger partial charge in [0, 0.05) is 6.20 Å². The zero-order valence-corrected chi connectivity index (χ0v) is 27.8. The van der Waals surface area contributed by atoms with Gasteiger partial charge in [0.15, 0.2) is 11.5 Å². The molecule has 1 saturated carbocycles. The van der Waals surface area contributed by atoms with Gasteiger partial charge in [-0.15, -0.1) is 0 Å². The van der Waals surface area contributed by atoms with E-state index in [1.54, 1.807) is 18.5 Å². The van der Waals surface area contributed by atoms with Crippen molar-refractivity contribution in [3.05, 3.63) is 108 Å². The molecule has 0 radical (unpaired) electrons. The fourth-order valence-electron chi connectivity index (χ4n) is 7.34. The first-order chi connectivity index (χ1) is 22.8. The van der Waals surface area contributed by atoms with Gasteiger partial charge < -0.3 is 30.8 Å². The molecule has 2 heterocycles. The van der Waals surface area contributed by atoms with Crippen LogP contribution in [-0.4, -0.2) is 39.1 Å². The van der Waals surface area contributed by atoms with Crippen LogP contribution in [-0.2, 0) is 19.3 Å². The minimum absolute atomic E-state index is 0.0943. The lowest BCUT2D eigenvalue weighted by atomic mass is 9.83. The zero-order chi connectivity index (χ0) is 33.0. The third-order valence-corrected chi connectivity index (χ3v) is 10.2. The Bertz CT molecular complexity index is 1480. The second-order valence-corrected chi connectivity index (χ2v) is 13.7. The number of benzene rings is 2. The SMILES string of the molecule is C[C@H](Cc1ccccc1)[C@H]1CCC[C@@H]([C@H](O)C[C@H](O)CCc2ccc(O)c(OCC[C@H](Cc3ccc[n-]3)c3ccnc(N)c3)c2)CC1. The average Bonchev–Trinajstić information content (AvgIpc) is 3.45. The average molecular weight is 639 g/mol. The minimum atomic E-state index is -0.586. The van der Waals surface area contributed by atoms with Crippen LogP contribution < -0.4 is 15.5 Å². The summed E-state index contributed by atoms with van der Waals surface area (Å²) in [6, 6.07) is 24.0. The summed E-state index contributed by atoms with van der Waals surface area (Å²) in [6.07, 6.45) is 12.1. The highest BCUT2D eigenvalue weighted by Gasteiger charge is 2.28. The lowest BCUT2D eigenvalue weighted by Crippen LogP contribution is -2.26. The number of aryl methyl sites for hydroxylation is 1. The number of nitrogens with zero attached hydrogens (tertiary/aromatic N) is 2. The first-order valence-corrected chi connectivity index (χ1v) is 17.5. The molecule has 2 aromatic heterocycles. The Morgan fingerprint density at radius 3 is 2.49 bits per heavy atom. The van der Waals surface area contributed by atoms with Gasteiger partial charge in [-0.2, -0.15) is 11.9 Å². The predicted octanol–water partition coefficient (Wildman–Crippen LogP) is 7.24. The molecule has 7 nitrogen and oxygen atoms in total. The van der Waals surface area contributed by atoms with E-state index in [9.17, 15) is 15.3 Å². The molecule has 4 aromatic rings. The van der Waals surface area contributed by atoms with Crippen molar-refractivity contribution >= 4 is 5.82 Å². The number of aliphatic hydroxyl groups excluding tert-OH is 2. The van der Waals surface area contributed by atoms with Crippen molar-refractivity contribution in [2.45, 2.75) is 95.7 Å². The van der Waals surface area contributed by atoms with Crippen molar-refractivity contribution in [3.8, 4) is 11.5 Å². The van der Waals surface area contributed by atoms with Gasteiger partial charge in [0.2, 0.25) is 0 Å². The molecule has 1 aliphatic carbocycles. The Morgan fingerprint density at radius 2 is 1.70 bits per heavy atom. The smallest absolute Gasteiger partial charge is 0.161 e. The molecule has 0 amide bonds. The maximum absolute atomic E-state index is 11.1. The van der Waals surface area contributed by atoms with Crippen LogP contribution >= 0.6 is 0 Å². The summed E-state index contributed by atoms with van der Waals surface area (Å²) in [5, 5.41) is 32.5. The number of phenols is 1. The van der Waals surface area contributed by atoms with Crippen LogP contribution in [0.3, 0.4) is 0 Å². The van der Waals surface area contributed by atoms with Gasteiger partial charge >= 0.3 is 0 Å². The van der Waals surface area contributed by atoms with Crippen LogP contribution in [0.25, 0.3) is 0 Å². The number of ether oxygens (including phenoxy) is 1. The molecule has 47 heavy (non-hydrogen) atoms. The van der Waals surface area contributed by atoms with Gasteiger partial charge in [-0.1, -0.05) is 68.3 Å². The normalized spacial score (nSPS) is 19.4. The van der Waals surface area contributed by atoms with Gasteiger partial charge in [-0.05, 0) is 122 Å². The molecule has 1 aliphatic rings. The van der Waals surface area contributed by atoms with E-state index >= 15 is 0 Å². The van der Waals surface area contributed by atoms with Crippen molar-refractivity contribution in [1.82, 2.24) is 9.97 Å². The summed E-state index contributed by atoms with van der Waals surface area (Å²) in [5.74, 6) is 2.71. The fraction of sp³-hybridized carbons (Fsp3) is 0.475. The molecule has 1 fully saturated rings. The number of pyridine rings is 1. The lowest BCUT2D eigenvalue weighted by molar-refractivity contribution is 0.0350. The number of phenolic OH excluding ortho intramolecular Hbond substituents is 1. The second kappa shape index (κ2) is 17.4. The summed E-state index contributed by atoms with van der Waals surface area (Å²) in [6.45, 7) is 2.78. The summed E-state index contributed by atoms with van der Waals surface area (Å²) in [5.41, 5.74) is 10.4. The molecule has 0 spiro atoms. The van der Waals surface area contributed by atoms with Crippen LogP contribution in [0.5, 0.6) is 11.5 Å². The van der Waals surface area contributed by atoms with Gasteiger partial charge in [0.25, 0.3) is 0 Å². The topological polar surface area (TPSA) is 123 Å². The molecule has 0 unspecified atom stereocenters. The molecule has 0 aliphatic heterocycles. The van der Waals surface area contributed by atoms with Crippen molar-refractivity contribution < 1.29 is 20.1 Å². The molecule has 0 saturated heterocycles. The maximum Gasteiger partial charge on any atom is 0.161 e. The molecule has 7 heteroatoms. The molecule has 2 aromatic carbocycles. The molecule has 5 N–H and O–H groups in total. The van der Waals surface area contributed by atoms with Crippen molar-refractivity contribution in [3.63, 3.8) is 0 Å². The Labute approximate surface area is 280 Å². The van der Waals surface area contributed by atoms with E-state index in [0.717, 1.165) is 55.3 Å². The lowest BCUT2D eigenvalue weighted by Gasteiger charge is -2.25. The van der Waals surface area contributed by atoms with E-state index in [1.165, 1.54) is 12.0 Å². The largest absolute Gasteiger partial charge is 0.668 e. The molecule has 6 atom stereocenters. The standard InChI is InChI=1S/C40H52N3O4/c1-28(23-29-7-3-2-4-8-29)31-9-5-10-32(15-14-31)38(46)27-36(44)16-12-30-13-17-37(45)39(24-30)47-22-19-34(25-35-11-6-20-42-35)33-18-21-43-40(41)26-33/h2-4,6-8,11,13,17-18,20-21,24,26,28,31-32,34,36,38,44-46H,5,9-10,12,14-16,19,22-23,25,27H2,1H3,(H2,41,43)/q-1/t28-,31+,32-,34-,36-,38-/m1/s1. The third-order valence-electron chi connectivity index (χ3n) is 10.2.